The first-order chi connectivity index (χ1) is 10.2. The minimum Gasteiger partial charge on any atom is -0.366 e. The predicted octanol–water partition coefficient (Wildman–Crippen LogP) is 2.65. The number of nitrogens with zero attached hydrogens (tertiary/aromatic N) is 1. The summed E-state index contributed by atoms with van der Waals surface area (Å²) in [6, 6.07) is 5.53. The van der Waals surface area contributed by atoms with Crippen LogP contribution in [0.25, 0.3) is 0 Å². The molecule has 0 spiro atoms. The third-order valence-corrected chi connectivity index (χ3v) is 4.74. The molecule has 0 bridgehead atoms. The molecular formula is C17H22N2O2. The van der Waals surface area contributed by atoms with E-state index in [1.807, 2.05) is 17.0 Å². The normalized spacial score (nSPS) is 19.1. The zero-order chi connectivity index (χ0) is 14.8. The number of rotatable bonds is 2. The number of nitrogens with two attached hydrogens (primary N) is 1. The number of amides is 2. The molecular weight excluding hydrogens is 264 g/mol. The number of hydrogen-bond donors (Lipinski definition) is 1. The van der Waals surface area contributed by atoms with Gasteiger partial charge in [-0.1, -0.05) is 25.3 Å². The summed E-state index contributed by atoms with van der Waals surface area (Å²) in [5.41, 5.74) is 7.86. The average Bonchev–Trinajstić information content (AvgIpc) is 2.53. The quantitative estimate of drug-likeness (QED) is 0.908. The van der Waals surface area contributed by atoms with Crippen LogP contribution in [0.1, 0.15) is 54.4 Å². The van der Waals surface area contributed by atoms with Gasteiger partial charge in [-0.3, -0.25) is 9.59 Å². The fraction of sp³-hybridized carbons (Fsp3) is 0.529. The molecule has 1 fully saturated rings. The number of benzene rings is 1. The molecule has 1 aliphatic heterocycles. The highest BCUT2D eigenvalue weighted by molar-refractivity contribution is 6.00. The van der Waals surface area contributed by atoms with Crippen molar-refractivity contribution < 1.29 is 9.59 Å². The molecule has 0 atom stereocenters. The third kappa shape index (κ3) is 2.67. The minimum absolute atomic E-state index is 0.155. The Balaban J connectivity index is 1.91. The van der Waals surface area contributed by atoms with Crippen molar-refractivity contribution in [1.82, 2.24) is 0 Å². The highest BCUT2D eigenvalue weighted by atomic mass is 16.2. The second-order valence-electron chi connectivity index (χ2n) is 6.10. The lowest BCUT2D eigenvalue weighted by atomic mass is 9.87. The lowest BCUT2D eigenvalue weighted by molar-refractivity contribution is -0.123. The molecule has 0 aromatic heterocycles. The number of anilines is 1. The second kappa shape index (κ2) is 5.88. The van der Waals surface area contributed by atoms with Crippen molar-refractivity contribution in [2.75, 3.05) is 11.4 Å². The number of primary amides is 1. The van der Waals surface area contributed by atoms with E-state index in [2.05, 4.69) is 0 Å². The van der Waals surface area contributed by atoms with E-state index >= 15 is 0 Å². The topological polar surface area (TPSA) is 63.4 Å². The van der Waals surface area contributed by atoms with Gasteiger partial charge < -0.3 is 10.6 Å². The van der Waals surface area contributed by atoms with Gasteiger partial charge >= 0.3 is 0 Å². The van der Waals surface area contributed by atoms with Crippen molar-refractivity contribution in [2.24, 2.45) is 11.7 Å². The Bertz CT molecular complexity index is 562. The molecule has 2 amide bonds. The van der Waals surface area contributed by atoms with Gasteiger partial charge in [-0.05, 0) is 43.4 Å². The Kier molecular flexibility index (Phi) is 3.95. The van der Waals surface area contributed by atoms with Crippen molar-refractivity contribution in [2.45, 2.75) is 44.9 Å². The van der Waals surface area contributed by atoms with Crippen molar-refractivity contribution >= 4 is 17.5 Å². The van der Waals surface area contributed by atoms with E-state index in [0.717, 1.165) is 56.3 Å². The highest BCUT2D eigenvalue weighted by Gasteiger charge is 2.30. The lowest BCUT2D eigenvalue weighted by Gasteiger charge is -2.34. The van der Waals surface area contributed by atoms with Crippen molar-refractivity contribution in [3.05, 3.63) is 29.3 Å². The molecule has 1 aliphatic carbocycles. The first-order valence-electron chi connectivity index (χ1n) is 7.91. The molecule has 0 radical (unpaired) electrons. The van der Waals surface area contributed by atoms with Gasteiger partial charge in [0.25, 0.3) is 0 Å². The van der Waals surface area contributed by atoms with Crippen LogP contribution in [0.5, 0.6) is 0 Å². The Morgan fingerprint density at radius 3 is 2.57 bits per heavy atom. The summed E-state index contributed by atoms with van der Waals surface area (Å²) >= 11 is 0. The van der Waals surface area contributed by atoms with E-state index in [0.29, 0.717) is 5.56 Å². The number of hydrogen-bond acceptors (Lipinski definition) is 2. The van der Waals surface area contributed by atoms with Gasteiger partial charge in [0.2, 0.25) is 11.8 Å². The van der Waals surface area contributed by atoms with E-state index in [4.69, 9.17) is 5.73 Å². The molecule has 112 valence electrons. The summed E-state index contributed by atoms with van der Waals surface area (Å²) in [6.45, 7) is 0.755. The van der Waals surface area contributed by atoms with Crippen LogP contribution in [0, 0.1) is 5.92 Å². The van der Waals surface area contributed by atoms with Crippen LogP contribution >= 0.6 is 0 Å². The number of fused-ring (bicyclic) bond motifs is 1. The molecule has 1 aromatic carbocycles. The molecule has 0 unspecified atom stereocenters. The molecule has 3 rings (SSSR count). The number of carbonyl (C=O) groups excluding carboxylic acids is 2. The van der Waals surface area contributed by atoms with Crippen molar-refractivity contribution in [1.29, 1.82) is 0 Å². The molecule has 1 saturated carbocycles. The van der Waals surface area contributed by atoms with Crippen LogP contribution in [0.4, 0.5) is 5.69 Å². The summed E-state index contributed by atoms with van der Waals surface area (Å²) in [5.74, 6) is -0.0157. The van der Waals surface area contributed by atoms with Crippen molar-refractivity contribution in [3.8, 4) is 0 Å². The SMILES string of the molecule is NC(=O)c1cccc2c1CCCN2C(=O)C1CCCCC1. The summed E-state index contributed by atoms with van der Waals surface area (Å²) in [4.78, 5) is 26.3. The molecule has 21 heavy (non-hydrogen) atoms. The van der Waals surface area contributed by atoms with E-state index in [-0.39, 0.29) is 11.8 Å². The summed E-state index contributed by atoms with van der Waals surface area (Å²) in [6.07, 6.45) is 7.27. The molecule has 0 saturated heterocycles. The van der Waals surface area contributed by atoms with Crippen LogP contribution in [0.2, 0.25) is 0 Å². The van der Waals surface area contributed by atoms with Gasteiger partial charge in [0.1, 0.15) is 0 Å². The zero-order valence-corrected chi connectivity index (χ0v) is 12.3. The largest absolute Gasteiger partial charge is 0.366 e. The molecule has 2 aliphatic rings. The van der Waals surface area contributed by atoms with Gasteiger partial charge in [-0.2, -0.15) is 0 Å². The fourth-order valence-electron chi connectivity index (χ4n) is 3.65. The fourth-order valence-corrected chi connectivity index (χ4v) is 3.65. The van der Waals surface area contributed by atoms with E-state index in [1.165, 1.54) is 6.42 Å². The van der Waals surface area contributed by atoms with E-state index < -0.39 is 5.91 Å². The maximum Gasteiger partial charge on any atom is 0.249 e. The maximum atomic E-state index is 12.8. The minimum atomic E-state index is -0.404. The molecule has 4 heteroatoms. The van der Waals surface area contributed by atoms with Gasteiger partial charge in [0.05, 0.1) is 0 Å². The second-order valence-corrected chi connectivity index (χ2v) is 6.10. The number of carbonyl (C=O) groups is 2. The summed E-state index contributed by atoms with van der Waals surface area (Å²) in [5, 5.41) is 0. The van der Waals surface area contributed by atoms with Crippen LogP contribution in [-0.4, -0.2) is 18.4 Å². The molecule has 4 nitrogen and oxygen atoms in total. The smallest absolute Gasteiger partial charge is 0.249 e. The summed E-state index contributed by atoms with van der Waals surface area (Å²) in [7, 11) is 0. The van der Waals surface area contributed by atoms with Crippen LogP contribution in [-0.2, 0) is 11.2 Å². The Hall–Kier alpha value is -1.84. The maximum absolute atomic E-state index is 12.8. The highest BCUT2D eigenvalue weighted by Crippen LogP contribution is 2.33. The third-order valence-electron chi connectivity index (χ3n) is 4.74. The van der Waals surface area contributed by atoms with Crippen LogP contribution in [0.3, 0.4) is 0 Å². The van der Waals surface area contributed by atoms with Gasteiger partial charge in [0, 0.05) is 23.7 Å². The first-order valence-corrected chi connectivity index (χ1v) is 7.91. The van der Waals surface area contributed by atoms with Gasteiger partial charge in [-0.15, -0.1) is 0 Å². The van der Waals surface area contributed by atoms with Gasteiger partial charge in [-0.25, -0.2) is 0 Å². The Morgan fingerprint density at radius 2 is 1.86 bits per heavy atom. The lowest BCUT2D eigenvalue weighted by Crippen LogP contribution is -2.40. The van der Waals surface area contributed by atoms with Crippen molar-refractivity contribution in [3.63, 3.8) is 0 Å². The van der Waals surface area contributed by atoms with E-state index in [9.17, 15) is 9.59 Å². The standard InChI is InChI=1S/C17H22N2O2/c18-16(20)14-8-4-10-15-13(14)9-5-11-19(15)17(21)12-6-2-1-3-7-12/h4,8,10,12H,1-3,5-7,9,11H2,(H2,18,20). The predicted molar refractivity (Wildman–Crippen MR) is 82.2 cm³/mol. The average molecular weight is 286 g/mol. The van der Waals surface area contributed by atoms with Crippen LogP contribution in [0.15, 0.2) is 18.2 Å². The first kappa shape index (κ1) is 14.1. The molecule has 1 aromatic rings. The Morgan fingerprint density at radius 1 is 1.10 bits per heavy atom. The van der Waals surface area contributed by atoms with Crippen LogP contribution < -0.4 is 10.6 Å². The molecule has 2 N–H and O–H groups in total. The monoisotopic (exact) mass is 286 g/mol. The van der Waals surface area contributed by atoms with Gasteiger partial charge in [0.15, 0.2) is 0 Å². The van der Waals surface area contributed by atoms with E-state index in [1.54, 1.807) is 6.07 Å². The Labute approximate surface area is 125 Å². The summed E-state index contributed by atoms with van der Waals surface area (Å²) < 4.78 is 0. The zero-order valence-electron chi connectivity index (χ0n) is 12.3. The molecule has 1 heterocycles.